The van der Waals surface area contributed by atoms with Crippen molar-refractivity contribution in [1.29, 1.82) is 0 Å². The Labute approximate surface area is 127 Å². The second-order valence-corrected chi connectivity index (χ2v) is 6.25. The lowest BCUT2D eigenvalue weighted by Gasteiger charge is -2.18. The zero-order valence-corrected chi connectivity index (χ0v) is 12.7. The average molecular weight is 296 g/mol. The maximum absolute atomic E-state index is 4.80. The van der Waals surface area contributed by atoms with Crippen LogP contribution in [0.15, 0.2) is 23.7 Å². The number of nitrogens with one attached hydrogen (secondary N) is 1. The van der Waals surface area contributed by atoms with Crippen LogP contribution < -0.4 is 5.32 Å². The summed E-state index contributed by atoms with van der Waals surface area (Å²) in [6, 6.07) is 4.17. The Morgan fingerprint density at radius 2 is 2.10 bits per heavy atom. The van der Waals surface area contributed by atoms with Gasteiger partial charge in [0.1, 0.15) is 5.82 Å². The van der Waals surface area contributed by atoms with E-state index in [-0.39, 0.29) is 0 Å². The van der Waals surface area contributed by atoms with E-state index in [9.17, 15) is 0 Å². The molecule has 3 aromatic rings. The molecule has 0 bridgehead atoms. The van der Waals surface area contributed by atoms with E-state index in [4.69, 9.17) is 9.97 Å². The summed E-state index contributed by atoms with van der Waals surface area (Å²) in [4.78, 5) is 14.0. The first-order valence-electron chi connectivity index (χ1n) is 7.26. The molecule has 1 aliphatic carbocycles. The van der Waals surface area contributed by atoms with Crippen LogP contribution in [0.5, 0.6) is 0 Å². The molecule has 0 aliphatic heterocycles. The summed E-state index contributed by atoms with van der Waals surface area (Å²) in [5, 5.41) is 5.29. The molecule has 0 atom stereocenters. The Morgan fingerprint density at radius 3 is 3.00 bits per heavy atom. The molecule has 0 fully saturated rings. The number of aryl methyl sites for hydroxylation is 1. The van der Waals surface area contributed by atoms with Gasteiger partial charge in [0.25, 0.3) is 0 Å². The van der Waals surface area contributed by atoms with Gasteiger partial charge in [-0.25, -0.2) is 9.97 Å². The summed E-state index contributed by atoms with van der Waals surface area (Å²) in [6.45, 7) is 0. The lowest BCUT2D eigenvalue weighted by Crippen LogP contribution is -2.11. The van der Waals surface area contributed by atoms with Crippen LogP contribution >= 0.6 is 11.3 Å². The second kappa shape index (κ2) is 5.07. The first-order chi connectivity index (χ1) is 10.3. The van der Waals surface area contributed by atoms with Crippen molar-refractivity contribution in [2.45, 2.75) is 25.7 Å². The van der Waals surface area contributed by atoms with Crippen LogP contribution in [0.3, 0.4) is 0 Å². The molecule has 4 rings (SSSR count). The summed E-state index contributed by atoms with van der Waals surface area (Å²) in [5.74, 6) is 1.75. The van der Waals surface area contributed by atoms with Crippen molar-refractivity contribution in [3.8, 4) is 11.4 Å². The van der Waals surface area contributed by atoms with E-state index < -0.39 is 0 Å². The standard InChI is InChI=1S/C16H16N4S/c1-17-16-11-4-2-3-5-12(11)19-15(20-16)10-8-14-13(18-9-10)6-7-21-14/h6-9H,2-5H2,1H3,(H,17,19,20). The number of nitrogens with zero attached hydrogens (tertiary/aromatic N) is 3. The number of aromatic nitrogens is 3. The summed E-state index contributed by atoms with van der Waals surface area (Å²) in [5.41, 5.74) is 4.52. The minimum absolute atomic E-state index is 0.780. The molecule has 3 aromatic heterocycles. The van der Waals surface area contributed by atoms with Gasteiger partial charge in [0.2, 0.25) is 0 Å². The quantitative estimate of drug-likeness (QED) is 0.784. The number of pyridine rings is 1. The first kappa shape index (κ1) is 12.7. The fourth-order valence-electron chi connectivity index (χ4n) is 2.90. The molecule has 0 saturated heterocycles. The van der Waals surface area contributed by atoms with Gasteiger partial charge in [-0.1, -0.05) is 0 Å². The second-order valence-electron chi connectivity index (χ2n) is 5.31. The van der Waals surface area contributed by atoms with Crippen LogP contribution in [-0.2, 0) is 12.8 Å². The molecule has 0 spiro atoms. The topological polar surface area (TPSA) is 50.7 Å². The lowest BCUT2D eigenvalue weighted by atomic mass is 9.96. The van der Waals surface area contributed by atoms with Crippen LogP contribution in [-0.4, -0.2) is 22.0 Å². The zero-order chi connectivity index (χ0) is 14.2. The van der Waals surface area contributed by atoms with Gasteiger partial charge in [-0.3, -0.25) is 4.98 Å². The van der Waals surface area contributed by atoms with Crippen molar-refractivity contribution >= 4 is 27.4 Å². The van der Waals surface area contributed by atoms with Crippen LogP contribution in [0.2, 0.25) is 0 Å². The highest BCUT2D eigenvalue weighted by molar-refractivity contribution is 7.17. The molecule has 5 heteroatoms. The van der Waals surface area contributed by atoms with E-state index in [0.717, 1.165) is 35.6 Å². The third-order valence-corrected chi connectivity index (χ3v) is 4.83. The fraction of sp³-hybridized carbons (Fsp3) is 0.312. The monoisotopic (exact) mass is 296 g/mol. The van der Waals surface area contributed by atoms with E-state index >= 15 is 0 Å². The zero-order valence-electron chi connectivity index (χ0n) is 11.9. The third-order valence-electron chi connectivity index (χ3n) is 3.98. The van der Waals surface area contributed by atoms with Gasteiger partial charge >= 0.3 is 0 Å². The molecular formula is C16H16N4S. The fourth-order valence-corrected chi connectivity index (χ4v) is 3.68. The van der Waals surface area contributed by atoms with E-state index in [1.54, 1.807) is 11.3 Å². The highest BCUT2D eigenvalue weighted by atomic mass is 32.1. The lowest BCUT2D eigenvalue weighted by molar-refractivity contribution is 0.665. The number of rotatable bonds is 2. The molecule has 4 nitrogen and oxygen atoms in total. The van der Waals surface area contributed by atoms with Crippen LogP contribution in [0.25, 0.3) is 21.6 Å². The highest BCUT2D eigenvalue weighted by Crippen LogP contribution is 2.29. The summed E-state index contributed by atoms with van der Waals surface area (Å²) < 4.78 is 1.18. The van der Waals surface area contributed by atoms with E-state index in [1.165, 1.54) is 28.8 Å². The largest absolute Gasteiger partial charge is 0.373 e. The van der Waals surface area contributed by atoms with Crippen LogP contribution in [0, 0.1) is 0 Å². The molecule has 1 N–H and O–H groups in total. The number of anilines is 1. The Hall–Kier alpha value is -2.01. The van der Waals surface area contributed by atoms with E-state index in [1.807, 2.05) is 19.3 Å². The van der Waals surface area contributed by atoms with Crippen molar-refractivity contribution in [3.63, 3.8) is 0 Å². The van der Waals surface area contributed by atoms with Gasteiger partial charge in [0.15, 0.2) is 5.82 Å². The molecular weight excluding hydrogens is 280 g/mol. The van der Waals surface area contributed by atoms with Crippen molar-refractivity contribution in [3.05, 3.63) is 35.0 Å². The van der Waals surface area contributed by atoms with Gasteiger partial charge in [-0.2, -0.15) is 0 Å². The van der Waals surface area contributed by atoms with Crippen LogP contribution in [0.1, 0.15) is 24.1 Å². The molecule has 21 heavy (non-hydrogen) atoms. The number of fused-ring (bicyclic) bond motifs is 2. The first-order valence-corrected chi connectivity index (χ1v) is 8.14. The molecule has 0 amide bonds. The van der Waals surface area contributed by atoms with Gasteiger partial charge in [-0.15, -0.1) is 11.3 Å². The molecule has 0 aromatic carbocycles. The van der Waals surface area contributed by atoms with Crippen molar-refractivity contribution in [1.82, 2.24) is 15.0 Å². The molecule has 1 aliphatic rings. The van der Waals surface area contributed by atoms with Gasteiger partial charge in [0, 0.05) is 30.1 Å². The number of thiophene rings is 1. The van der Waals surface area contributed by atoms with Crippen LogP contribution in [0.4, 0.5) is 5.82 Å². The Bertz CT molecular complexity index is 792. The Kier molecular flexibility index (Phi) is 3.07. The normalized spacial score (nSPS) is 14.1. The minimum Gasteiger partial charge on any atom is -0.373 e. The summed E-state index contributed by atoms with van der Waals surface area (Å²) >= 11 is 1.70. The smallest absolute Gasteiger partial charge is 0.163 e. The third kappa shape index (κ3) is 2.17. The Balaban J connectivity index is 1.87. The van der Waals surface area contributed by atoms with Gasteiger partial charge < -0.3 is 5.32 Å². The van der Waals surface area contributed by atoms with Crippen molar-refractivity contribution in [2.24, 2.45) is 0 Å². The SMILES string of the molecule is CNc1nc(-c2cnc3ccsc3c2)nc2c1CCCC2. The predicted octanol–water partition coefficient (Wildman–Crippen LogP) is 3.67. The average Bonchev–Trinajstić information content (AvgIpc) is 3.01. The van der Waals surface area contributed by atoms with Gasteiger partial charge in [-0.05, 0) is 43.2 Å². The molecule has 0 saturated carbocycles. The molecule has 0 unspecified atom stereocenters. The predicted molar refractivity (Wildman–Crippen MR) is 86.8 cm³/mol. The van der Waals surface area contributed by atoms with Crippen molar-refractivity contribution in [2.75, 3.05) is 12.4 Å². The maximum atomic E-state index is 4.80. The van der Waals surface area contributed by atoms with E-state index in [2.05, 4.69) is 21.7 Å². The number of hydrogen-bond donors (Lipinski definition) is 1. The molecule has 106 valence electrons. The molecule has 3 heterocycles. The minimum atomic E-state index is 0.780. The summed E-state index contributed by atoms with van der Waals surface area (Å²) in [6.07, 6.45) is 6.45. The molecule has 0 radical (unpaired) electrons. The van der Waals surface area contributed by atoms with Crippen molar-refractivity contribution < 1.29 is 0 Å². The summed E-state index contributed by atoms with van der Waals surface area (Å²) in [7, 11) is 1.93. The number of hydrogen-bond acceptors (Lipinski definition) is 5. The highest BCUT2D eigenvalue weighted by Gasteiger charge is 2.18. The van der Waals surface area contributed by atoms with E-state index in [0.29, 0.717) is 0 Å². The van der Waals surface area contributed by atoms with Gasteiger partial charge in [0.05, 0.1) is 10.2 Å². The Morgan fingerprint density at radius 1 is 1.19 bits per heavy atom. The maximum Gasteiger partial charge on any atom is 0.163 e.